The van der Waals surface area contributed by atoms with Crippen LogP contribution in [0.25, 0.3) is 43.6 Å². The molecular weight excluding hydrogens is 972 g/mol. The van der Waals surface area contributed by atoms with Gasteiger partial charge in [-0.25, -0.2) is 0 Å². The van der Waals surface area contributed by atoms with Gasteiger partial charge in [-0.2, -0.15) is 0 Å². The zero-order valence-corrected chi connectivity index (χ0v) is 33.3. The van der Waals surface area contributed by atoms with Crippen LogP contribution in [0.2, 0.25) is 0 Å². The second-order valence-corrected chi connectivity index (χ2v) is 15.5. The molecule has 0 aliphatic rings. The largest absolute Gasteiger partial charge is 0.355 e. The first kappa shape index (κ1) is 33.7. The van der Waals surface area contributed by atoms with E-state index in [1.54, 1.807) is 0 Å². The summed E-state index contributed by atoms with van der Waals surface area (Å²) in [4.78, 5) is 3.39. The lowest BCUT2D eigenvalue weighted by Crippen LogP contribution is -1.97. The lowest BCUT2D eigenvalue weighted by atomic mass is 10.2. The highest BCUT2D eigenvalue weighted by Crippen LogP contribution is 2.33. The number of benzene rings is 4. The van der Waals surface area contributed by atoms with E-state index in [1.165, 1.54) is 69.3 Å². The molecule has 2 aromatic heterocycles. The van der Waals surface area contributed by atoms with Gasteiger partial charge in [0.05, 0.1) is 0 Å². The summed E-state index contributed by atoms with van der Waals surface area (Å²) in [6.07, 6.45) is 4.96. The number of halogens is 7. The Bertz CT molecular complexity index is 1620. The first-order valence-corrected chi connectivity index (χ1v) is 19.8. The Morgan fingerprint density at radius 3 is 1.24 bits per heavy atom. The molecule has 6 aromatic rings. The summed E-state index contributed by atoms with van der Waals surface area (Å²) in [5, 5.41) is 8.48. The van der Waals surface area contributed by atoms with Gasteiger partial charge in [0, 0.05) is 84.0 Å². The van der Waals surface area contributed by atoms with Crippen molar-refractivity contribution in [2.45, 2.75) is 32.2 Å². The highest BCUT2D eigenvalue weighted by molar-refractivity contribution is 9.11. The van der Waals surface area contributed by atoms with Crippen molar-refractivity contribution in [3.8, 4) is 0 Å². The normalized spacial score (nSPS) is 11.1. The minimum Gasteiger partial charge on any atom is -0.355 e. The minimum absolute atomic E-state index is 1.06. The SMILES string of the molecule is BrCCCCBr.BrCCCCn1c2ccc(Br)cc2c2cc(Br)ccc21.Brc1ccc2[nH]c3ccc(Br)cc3c2c1. The Labute approximate surface area is 300 Å². The average molecular weight is 1000 g/mol. The van der Waals surface area contributed by atoms with Crippen molar-refractivity contribution in [1.29, 1.82) is 0 Å². The maximum absolute atomic E-state index is 3.58. The van der Waals surface area contributed by atoms with Gasteiger partial charge in [0.25, 0.3) is 0 Å². The van der Waals surface area contributed by atoms with Crippen LogP contribution in [0.4, 0.5) is 0 Å². The maximum atomic E-state index is 3.58. The van der Waals surface area contributed by atoms with Crippen molar-refractivity contribution in [3.63, 3.8) is 0 Å². The summed E-state index contributed by atoms with van der Waals surface area (Å²) >= 11 is 24.3. The van der Waals surface area contributed by atoms with E-state index in [1.807, 2.05) is 12.1 Å². The molecule has 0 saturated carbocycles. The summed E-state index contributed by atoms with van der Waals surface area (Å²) in [6, 6.07) is 25.6. The number of unbranched alkanes of at least 4 members (excludes halogenated alkanes) is 2. The fraction of sp³-hybridized carbons (Fsp3) is 0.250. The summed E-state index contributed by atoms with van der Waals surface area (Å²) < 4.78 is 6.91. The second kappa shape index (κ2) is 16.8. The molecule has 0 aliphatic carbocycles. The molecule has 4 aromatic carbocycles. The number of aromatic amines is 1. The predicted molar refractivity (Wildman–Crippen MR) is 206 cm³/mol. The summed E-state index contributed by atoms with van der Waals surface area (Å²) in [6.45, 7) is 1.06. The fourth-order valence-electron chi connectivity index (χ4n) is 4.68. The number of hydrogen-bond donors (Lipinski definition) is 1. The van der Waals surface area contributed by atoms with Crippen molar-refractivity contribution >= 4 is 155 Å². The molecule has 0 radical (unpaired) electrons. The smallest absolute Gasteiger partial charge is 0.0492 e. The number of H-pyrrole nitrogens is 1. The highest BCUT2D eigenvalue weighted by atomic mass is 79.9. The van der Waals surface area contributed by atoms with Crippen LogP contribution in [0.1, 0.15) is 25.7 Å². The average Bonchev–Trinajstić information content (AvgIpc) is 3.47. The first-order valence-electron chi connectivity index (χ1n) is 13.3. The number of hydrogen-bond acceptors (Lipinski definition) is 0. The Kier molecular flexibility index (Phi) is 13.8. The van der Waals surface area contributed by atoms with Gasteiger partial charge in [0.15, 0.2) is 0 Å². The quantitative estimate of drug-likeness (QED) is 0.122. The Hall–Kier alpha value is -0.160. The zero-order chi connectivity index (χ0) is 29.4. The lowest BCUT2D eigenvalue weighted by Gasteiger charge is -2.06. The fourth-order valence-corrected chi connectivity index (χ4v) is 7.32. The van der Waals surface area contributed by atoms with Gasteiger partial charge in [-0.15, -0.1) is 0 Å². The molecule has 1 N–H and O–H groups in total. The molecule has 0 unspecified atom stereocenters. The summed E-state index contributed by atoms with van der Waals surface area (Å²) in [7, 11) is 0. The van der Waals surface area contributed by atoms with E-state index in [0.29, 0.717) is 0 Å². The summed E-state index contributed by atoms with van der Waals surface area (Å²) in [5.74, 6) is 0. The van der Waals surface area contributed by atoms with Gasteiger partial charge in [0.2, 0.25) is 0 Å². The van der Waals surface area contributed by atoms with E-state index in [-0.39, 0.29) is 0 Å². The van der Waals surface area contributed by atoms with Crippen LogP contribution in [-0.2, 0) is 6.54 Å². The van der Waals surface area contributed by atoms with E-state index in [2.05, 4.69) is 182 Å². The van der Waals surface area contributed by atoms with E-state index < -0.39 is 0 Å². The van der Waals surface area contributed by atoms with E-state index >= 15 is 0 Å². The number of aromatic nitrogens is 2. The zero-order valence-electron chi connectivity index (χ0n) is 22.2. The van der Waals surface area contributed by atoms with Gasteiger partial charge >= 0.3 is 0 Å². The highest BCUT2D eigenvalue weighted by Gasteiger charge is 2.11. The first-order chi connectivity index (χ1) is 19.9. The van der Waals surface area contributed by atoms with Crippen LogP contribution in [0.15, 0.2) is 90.7 Å². The molecule has 6 rings (SSSR count). The van der Waals surface area contributed by atoms with E-state index in [9.17, 15) is 0 Å². The van der Waals surface area contributed by atoms with Crippen LogP contribution in [0.5, 0.6) is 0 Å². The Balaban J connectivity index is 0.000000162. The number of alkyl halides is 3. The molecule has 9 heteroatoms. The van der Waals surface area contributed by atoms with Crippen molar-refractivity contribution in [2.24, 2.45) is 0 Å². The van der Waals surface area contributed by atoms with Crippen molar-refractivity contribution in [1.82, 2.24) is 9.55 Å². The third-order valence-corrected chi connectivity index (χ3v) is 10.2. The molecule has 0 aliphatic heterocycles. The standard InChI is InChI=1S/C16H14Br3N.C12H7Br2N.C4H8Br2/c17-7-1-2-8-20-15-5-3-11(18)9-13(15)14-10-12(19)4-6-16(14)20;13-7-1-3-11-9(5-7)10-6-8(14)2-4-12(10)15-11;5-3-1-2-4-6/h3-6,9-10H,1-2,7-8H2;1-6,15H;1-4H2. The molecule has 2 nitrogen and oxygen atoms in total. The van der Waals surface area contributed by atoms with Gasteiger partial charge < -0.3 is 9.55 Å². The van der Waals surface area contributed by atoms with Crippen LogP contribution < -0.4 is 0 Å². The van der Waals surface area contributed by atoms with Crippen molar-refractivity contribution in [2.75, 3.05) is 16.0 Å². The molecule has 0 spiro atoms. The van der Waals surface area contributed by atoms with Crippen LogP contribution in [-0.4, -0.2) is 25.5 Å². The number of nitrogens with zero attached hydrogens (tertiary/aromatic N) is 1. The van der Waals surface area contributed by atoms with Crippen molar-refractivity contribution < 1.29 is 0 Å². The molecule has 2 heterocycles. The van der Waals surface area contributed by atoms with Gasteiger partial charge in [-0.05, 0) is 98.5 Å². The molecule has 216 valence electrons. The number of fused-ring (bicyclic) bond motifs is 6. The summed E-state index contributed by atoms with van der Waals surface area (Å²) in [5.41, 5.74) is 4.98. The Morgan fingerprint density at radius 1 is 0.463 bits per heavy atom. The minimum atomic E-state index is 1.06. The van der Waals surface area contributed by atoms with Gasteiger partial charge in [-0.3, -0.25) is 0 Å². The molecule has 0 fully saturated rings. The lowest BCUT2D eigenvalue weighted by molar-refractivity contribution is 0.670. The molecule has 0 bridgehead atoms. The number of aryl methyl sites for hydroxylation is 1. The number of nitrogens with one attached hydrogen (secondary N) is 1. The predicted octanol–water partition coefficient (Wildman–Crippen LogP) is 13.9. The number of rotatable bonds is 7. The van der Waals surface area contributed by atoms with E-state index in [4.69, 9.17) is 0 Å². The third-order valence-electron chi connectivity index (χ3n) is 6.59. The van der Waals surface area contributed by atoms with Gasteiger partial charge in [-0.1, -0.05) is 112 Å². The molecular formula is C32H29Br7N2. The van der Waals surface area contributed by atoms with Gasteiger partial charge in [0.1, 0.15) is 0 Å². The molecule has 0 atom stereocenters. The van der Waals surface area contributed by atoms with Crippen molar-refractivity contribution in [3.05, 3.63) is 90.7 Å². The third kappa shape index (κ3) is 8.95. The topological polar surface area (TPSA) is 20.7 Å². The second-order valence-electron chi connectivity index (χ2n) is 9.46. The molecule has 0 saturated heterocycles. The van der Waals surface area contributed by atoms with Crippen LogP contribution >= 0.6 is 112 Å². The van der Waals surface area contributed by atoms with Crippen LogP contribution in [0.3, 0.4) is 0 Å². The molecule has 0 amide bonds. The Morgan fingerprint density at radius 2 is 0.829 bits per heavy atom. The van der Waals surface area contributed by atoms with E-state index in [0.717, 1.165) is 40.4 Å². The molecule has 41 heavy (non-hydrogen) atoms. The maximum Gasteiger partial charge on any atom is 0.0492 e. The monoisotopic (exact) mass is 994 g/mol. The van der Waals surface area contributed by atoms with Crippen LogP contribution in [0, 0.1) is 0 Å².